The van der Waals surface area contributed by atoms with E-state index in [0.29, 0.717) is 17.8 Å². The van der Waals surface area contributed by atoms with Crippen molar-refractivity contribution in [1.82, 2.24) is 0 Å². The summed E-state index contributed by atoms with van der Waals surface area (Å²) in [4.78, 5) is 0. The maximum absolute atomic E-state index is 14.1. The molecule has 1 saturated carbocycles. The van der Waals surface area contributed by atoms with Crippen molar-refractivity contribution in [3.63, 3.8) is 0 Å². The zero-order valence-electron chi connectivity index (χ0n) is 15.5. The fraction of sp³-hybridized carbons (Fsp3) is 0.455. The summed E-state index contributed by atoms with van der Waals surface area (Å²) in [5, 5.41) is 1.59. The van der Waals surface area contributed by atoms with Crippen LogP contribution < -0.4 is 10.6 Å². The van der Waals surface area contributed by atoms with E-state index in [-0.39, 0.29) is 6.10 Å². The Bertz CT molecular complexity index is 668. The van der Waals surface area contributed by atoms with Gasteiger partial charge in [0.05, 0.1) is 6.10 Å². The second kappa shape index (κ2) is 7.89. The predicted octanol–water partition coefficient (Wildman–Crippen LogP) is 5.39. The summed E-state index contributed by atoms with van der Waals surface area (Å²) in [5.74, 6) is 1.63. The van der Waals surface area contributed by atoms with Gasteiger partial charge in [-0.25, -0.2) is 0 Å². The molecule has 3 heteroatoms. The molecule has 0 heterocycles. The minimum Gasteiger partial charge on any atom is -0.318 e. The topological polar surface area (TPSA) is 26.3 Å². The van der Waals surface area contributed by atoms with Gasteiger partial charge in [-0.05, 0) is 54.9 Å². The Morgan fingerprint density at radius 2 is 1.44 bits per heavy atom. The average molecular weight is 356 g/mol. The molecular weight excluding hydrogens is 327 g/mol. The molecule has 0 saturated heterocycles. The average Bonchev–Trinajstić information content (AvgIpc) is 2.63. The standard InChI is InChI=1S/C22H29O2P/c1-17(2)21-15-14-18(3)16-22(21)24-25(23,19-10-6-4-7-11-19)20-12-8-5-9-13-20/h4-13,17-18,21-22H,14-16H2,1-3H3. The highest BCUT2D eigenvalue weighted by Crippen LogP contribution is 2.50. The minimum absolute atomic E-state index is 0.0509. The van der Waals surface area contributed by atoms with Crippen molar-refractivity contribution in [2.24, 2.45) is 17.8 Å². The van der Waals surface area contributed by atoms with E-state index in [1.165, 1.54) is 6.42 Å². The maximum Gasteiger partial charge on any atom is 0.261 e. The number of hydrogen-bond donors (Lipinski definition) is 0. The fourth-order valence-corrected chi connectivity index (χ4v) is 6.24. The van der Waals surface area contributed by atoms with Crippen LogP contribution in [0.4, 0.5) is 0 Å². The Morgan fingerprint density at radius 3 is 1.92 bits per heavy atom. The van der Waals surface area contributed by atoms with Crippen molar-refractivity contribution in [2.45, 2.75) is 46.1 Å². The van der Waals surface area contributed by atoms with E-state index >= 15 is 0 Å². The lowest BCUT2D eigenvalue weighted by Crippen LogP contribution is -2.35. The molecule has 0 spiro atoms. The normalized spacial score (nSPS) is 24.4. The van der Waals surface area contributed by atoms with Crippen LogP contribution in [0.15, 0.2) is 60.7 Å². The first-order valence-corrected chi connectivity index (χ1v) is 11.0. The van der Waals surface area contributed by atoms with Crippen LogP contribution in [-0.4, -0.2) is 6.10 Å². The molecule has 2 nitrogen and oxygen atoms in total. The minimum atomic E-state index is -3.10. The highest BCUT2D eigenvalue weighted by atomic mass is 31.2. The van der Waals surface area contributed by atoms with Crippen LogP contribution in [0.5, 0.6) is 0 Å². The molecule has 0 aliphatic heterocycles. The highest BCUT2D eigenvalue weighted by Gasteiger charge is 2.38. The predicted molar refractivity (Wildman–Crippen MR) is 106 cm³/mol. The first kappa shape index (κ1) is 18.4. The largest absolute Gasteiger partial charge is 0.318 e. The Morgan fingerprint density at radius 1 is 0.920 bits per heavy atom. The first-order chi connectivity index (χ1) is 12.0. The fourth-order valence-electron chi connectivity index (χ4n) is 3.95. The molecule has 2 aromatic carbocycles. The molecule has 1 aliphatic rings. The van der Waals surface area contributed by atoms with Crippen molar-refractivity contribution in [2.75, 3.05) is 0 Å². The second-order valence-electron chi connectivity index (χ2n) is 7.69. The molecular formula is C22H29O2P. The Balaban J connectivity index is 1.99. The number of benzene rings is 2. The van der Waals surface area contributed by atoms with Crippen LogP contribution >= 0.6 is 7.37 Å². The molecule has 0 amide bonds. The van der Waals surface area contributed by atoms with E-state index in [4.69, 9.17) is 4.52 Å². The van der Waals surface area contributed by atoms with E-state index in [9.17, 15) is 4.57 Å². The molecule has 25 heavy (non-hydrogen) atoms. The molecule has 1 fully saturated rings. The molecule has 0 N–H and O–H groups in total. The molecule has 134 valence electrons. The van der Waals surface area contributed by atoms with E-state index < -0.39 is 7.37 Å². The van der Waals surface area contributed by atoms with Crippen molar-refractivity contribution in [3.8, 4) is 0 Å². The lowest BCUT2D eigenvalue weighted by molar-refractivity contribution is 0.0514. The van der Waals surface area contributed by atoms with Gasteiger partial charge in [0.1, 0.15) is 0 Å². The van der Waals surface area contributed by atoms with Crippen LogP contribution in [0.1, 0.15) is 40.0 Å². The van der Waals surface area contributed by atoms with Crippen molar-refractivity contribution >= 4 is 18.0 Å². The summed E-state index contributed by atoms with van der Waals surface area (Å²) in [6.07, 6.45) is 3.44. The lowest BCUT2D eigenvalue weighted by Gasteiger charge is -2.39. The van der Waals surface area contributed by atoms with Crippen molar-refractivity contribution in [1.29, 1.82) is 0 Å². The van der Waals surface area contributed by atoms with Crippen LogP contribution in [0.25, 0.3) is 0 Å². The van der Waals surface area contributed by atoms with Crippen molar-refractivity contribution in [3.05, 3.63) is 60.7 Å². The highest BCUT2D eigenvalue weighted by molar-refractivity contribution is 7.74. The SMILES string of the molecule is CC1CCC(C(C)C)C(OP(=O)(c2ccccc2)c2ccccc2)C1. The third-order valence-electron chi connectivity index (χ3n) is 5.44. The maximum atomic E-state index is 14.1. The molecule has 3 atom stereocenters. The summed E-state index contributed by atoms with van der Waals surface area (Å²) < 4.78 is 20.7. The molecule has 0 aromatic heterocycles. The second-order valence-corrected chi connectivity index (χ2v) is 10.0. The van der Waals surface area contributed by atoms with Gasteiger partial charge in [-0.2, -0.15) is 0 Å². The van der Waals surface area contributed by atoms with Crippen LogP contribution in [-0.2, 0) is 9.09 Å². The Kier molecular flexibility index (Phi) is 5.81. The van der Waals surface area contributed by atoms with E-state index in [2.05, 4.69) is 20.8 Å². The van der Waals surface area contributed by atoms with E-state index in [1.54, 1.807) is 0 Å². The van der Waals surface area contributed by atoms with Crippen LogP contribution in [0.3, 0.4) is 0 Å². The van der Waals surface area contributed by atoms with Gasteiger partial charge >= 0.3 is 0 Å². The van der Waals surface area contributed by atoms with Gasteiger partial charge in [0, 0.05) is 10.6 Å². The molecule has 1 aliphatic carbocycles. The van der Waals surface area contributed by atoms with Gasteiger partial charge in [-0.3, -0.25) is 4.57 Å². The van der Waals surface area contributed by atoms with Gasteiger partial charge < -0.3 is 4.52 Å². The van der Waals surface area contributed by atoms with E-state index in [0.717, 1.165) is 23.5 Å². The van der Waals surface area contributed by atoms with Crippen molar-refractivity contribution < 1.29 is 9.09 Å². The summed E-state index contributed by atoms with van der Waals surface area (Å²) in [5.41, 5.74) is 0. The Labute approximate surface area is 152 Å². The van der Waals surface area contributed by atoms with Crippen LogP contribution in [0.2, 0.25) is 0 Å². The summed E-state index contributed by atoms with van der Waals surface area (Å²) >= 11 is 0. The third kappa shape index (κ3) is 4.07. The zero-order valence-corrected chi connectivity index (χ0v) is 16.4. The van der Waals surface area contributed by atoms with Crippen LogP contribution in [0, 0.1) is 17.8 Å². The zero-order chi connectivity index (χ0) is 17.9. The van der Waals surface area contributed by atoms with Gasteiger partial charge in [-0.1, -0.05) is 63.6 Å². The number of rotatable bonds is 5. The lowest BCUT2D eigenvalue weighted by atomic mass is 9.75. The monoisotopic (exact) mass is 356 g/mol. The molecule has 0 radical (unpaired) electrons. The Hall–Kier alpha value is -1.37. The number of hydrogen-bond acceptors (Lipinski definition) is 2. The molecule has 3 unspecified atom stereocenters. The summed E-state index contributed by atoms with van der Waals surface area (Å²) in [6, 6.07) is 19.4. The molecule has 3 rings (SSSR count). The molecule has 0 bridgehead atoms. The third-order valence-corrected chi connectivity index (χ3v) is 7.96. The first-order valence-electron chi connectivity index (χ1n) is 9.40. The van der Waals surface area contributed by atoms with E-state index in [1.807, 2.05) is 60.7 Å². The summed E-state index contributed by atoms with van der Waals surface area (Å²) in [6.45, 7) is 6.79. The summed E-state index contributed by atoms with van der Waals surface area (Å²) in [7, 11) is -3.10. The van der Waals surface area contributed by atoms with Gasteiger partial charge in [0.2, 0.25) is 0 Å². The van der Waals surface area contributed by atoms with Gasteiger partial charge in [0.25, 0.3) is 7.37 Å². The smallest absolute Gasteiger partial charge is 0.261 e. The van der Waals surface area contributed by atoms with Gasteiger partial charge in [-0.15, -0.1) is 0 Å². The quantitative estimate of drug-likeness (QED) is 0.671. The van der Waals surface area contributed by atoms with Gasteiger partial charge in [0.15, 0.2) is 0 Å². The molecule has 2 aromatic rings.